The molecule has 0 aliphatic carbocycles. The molecule has 0 amide bonds. The third kappa shape index (κ3) is 2.72. The van der Waals surface area contributed by atoms with Gasteiger partial charge in [0.2, 0.25) is 0 Å². The SMILES string of the molecule is COP(=O)(CC(=O)c1cscn1)OC. The predicted molar refractivity (Wildman–Crippen MR) is 52.9 cm³/mol. The molecule has 0 fully saturated rings. The largest absolute Gasteiger partial charge is 0.337 e. The number of rotatable bonds is 5. The molecule has 5 nitrogen and oxygen atoms in total. The summed E-state index contributed by atoms with van der Waals surface area (Å²) in [7, 11) is -0.766. The van der Waals surface area contributed by atoms with Crippen molar-refractivity contribution in [3.8, 4) is 0 Å². The number of ketones is 1. The Morgan fingerprint density at radius 2 is 2.21 bits per heavy atom. The lowest BCUT2D eigenvalue weighted by Gasteiger charge is -2.11. The Bertz CT molecular complexity index is 343. The molecule has 1 heterocycles. The number of hydrogen-bond donors (Lipinski definition) is 0. The van der Waals surface area contributed by atoms with Crippen molar-refractivity contribution in [3.05, 3.63) is 16.6 Å². The first-order valence-corrected chi connectivity index (χ1v) is 6.40. The van der Waals surface area contributed by atoms with Gasteiger partial charge in [-0.1, -0.05) is 0 Å². The standard InChI is InChI=1S/C7H10NO4PS/c1-11-13(10,12-2)3-7(9)6-4-14-5-8-6/h4-5H,3H2,1-2H3. The number of nitrogens with zero attached hydrogens (tertiary/aromatic N) is 1. The molecule has 1 aromatic rings. The van der Waals surface area contributed by atoms with Crippen LogP contribution in [0.4, 0.5) is 0 Å². The number of carbonyl (C=O) groups excluding carboxylic acids is 1. The van der Waals surface area contributed by atoms with Crippen molar-refractivity contribution < 1.29 is 18.4 Å². The van der Waals surface area contributed by atoms with Gasteiger partial charge in [0.05, 0.1) is 5.51 Å². The molecule has 0 saturated heterocycles. The van der Waals surface area contributed by atoms with Crippen molar-refractivity contribution in [1.29, 1.82) is 0 Å². The Morgan fingerprint density at radius 3 is 2.64 bits per heavy atom. The summed E-state index contributed by atoms with van der Waals surface area (Å²) in [4.78, 5) is 15.3. The summed E-state index contributed by atoms with van der Waals surface area (Å²) < 4.78 is 20.9. The van der Waals surface area contributed by atoms with E-state index < -0.39 is 7.60 Å². The van der Waals surface area contributed by atoms with E-state index in [1.165, 1.54) is 31.1 Å². The van der Waals surface area contributed by atoms with Gasteiger partial charge >= 0.3 is 7.60 Å². The van der Waals surface area contributed by atoms with Gasteiger partial charge in [-0.3, -0.25) is 9.36 Å². The van der Waals surface area contributed by atoms with E-state index in [1.54, 1.807) is 5.38 Å². The third-order valence-electron chi connectivity index (χ3n) is 1.61. The maximum Gasteiger partial charge on any atom is 0.337 e. The minimum Gasteiger partial charge on any atom is -0.312 e. The van der Waals surface area contributed by atoms with Gasteiger partial charge in [0.1, 0.15) is 11.9 Å². The van der Waals surface area contributed by atoms with Crippen molar-refractivity contribution >= 4 is 24.7 Å². The van der Waals surface area contributed by atoms with E-state index in [9.17, 15) is 9.36 Å². The smallest absolute Gasteiger partial charge is 0.312 e. The van der Waals surface area contributed by atoms with Gasteiger partial charge in [0, 0.05) is 19.6 Å². The van der Waals surface area contributed by atoms with E-state index in [1.807, 2.05) is 0 Å². The van der Waals surface area contributed by atoms with Gasteiger partial charge in [-0.2, -0.15) is 0 Å². The summed E-state index contributed by atoms with van der Waals surface area (Å²) in [6.45, 7) is 0. The molecule has 0 atom stereocenters. The molecule has 0 aliphatic rings. The van der Waals surface area contributed by atoms with Gasteiger partial charge in [-0.05, 0) is 0 Å². The highest BCUT2D eigenvalue weighted by atomic mass is 32.1. The molecular formula is C7H10NO4PS. The Kier molecular flexibility index (Phi) is 3.95. The average Bonchev–Trinajstić information content (AvgIpc) is 2.70. The predicted octanol–water partition coefficient (Wildman–Crippen LogP) is 1.81. The molecule has 0 N–H and O–H groups in total. The van der Waals surface area contributed by atoms with Crippen LogP contribution in [0.15, 0.2) is 10.9 Å². The fraction of sp³-hybridized carbons (Fsp3) is 0.429. The number of hydrogen-bond acceptors (Lipinski definition) is 6. The van der Waals surface area contributed by atoms with E-state index in [4.69, 9.17) is 0 Å². The highest BCUT2D eigenvalue weighted by Crippen LogP contribution is 2.46. The van der Waals surface area contributed by atoms with Gasteiger partial charge in [-0.15, -0.1) is 11.3 Å². The van der Waals surface area contributed by atoms with Crippen molar-refractivity contribution in [3.63, 3.8) is 0 Å². The lowest BCUT2D eigenvalue weighted by molar-refractivity contribution is 0.100. The van der Waals surface area contributed by atoms with Gasteiger partial charge < -0.3 is 9.05 Å². The normalized spacial score (nSPS) is 11.6. The van der Waals surface area contributed by atoms with E-state index in [0.717, 1.165) is 0 Å². The minimum atomic E-state index is -3.26. The molecule has 0 aliphatic heterocycles. The quantitative estimate of drug-likeness (QED) is 0.575. The van der Waals surface area contributed by atoms with Crippen LogP contribution in [0.3, 0.4) is 0 Å². The van der Waals surface area contributed by atoms with Crippen LogP contribution < -0.4 is 0 Å². The zero-order valence-corrected chi connectivity index (χ0v) is 9.51. The summed E-state index contributed by atoms with van der Waals surface area (Å²) in [6.07, 6.45) is -0.274. The number of carbonyl (C=O) groups is 1. The van der Waals surface area contributed by atoms with Crippen LogP contribution in [-0.2, 0) is 13.6 Å². The maximum absolute atomic E-state index is 11.6. The summed E-state index contributed by atoms with van der Waals surface area (Å²) in [6, 6.07) is 0. The third-order valence-corrected chi connectivity index (χ3v) is 3.99. The molecule has 0 spiro atoms. The molecule has 0 bridgehead atoms. The minimum absolute atomic E-state index is 0.274. The van der Waals surface area contributed by atoms with Gasteiger partial charge in [0.15, 0.2) is 5.78 Å². The van der Waals surface area contributed by atoms with E-state index in [-0.39, 0.29) is 11.9 Å². The number of Topliss-reactive ketones (excluding diaryl/α,β-unsaturated/α-hetero) is 1. The van der Waals surface area contributed by atoms with Gasteiger partial charge in [-0.25, -0.2) is 4.98 Å². The summed E-state index contributed by atoms with van der Waals surface area (Å²) >= 11 is 1.31. The lowest BCUT2D eigenvalue weighted by Crippen LogP contribution is -2.08. The molecule has 0 saturated carbocycles. The second-order valence-electron chi connectivity index (χ2n) is 2.43. The summed E-state index contributed by atoms with van der Waals surface area (Å²) in [5.41, 5.74) is 1.84. The highest BCUT2D eigenvalue weighted by molar-refractivity contribution is 7.54. The van der Waals surface area contributed by atoms with Crippen molar-refractivity contribution in [2.24, 2.45) is 0 Å². The molecule has 78 valence electrons. The fourth-order valence-corrected chi connectivity index (χ4v) is 2.29. The Hall–Kier alpha value is -0.550. The molecule has 0 radical (unpaired) electrons. The Morgan fingerprint density at radius 1 is 1.57 bits per heavy atom. The molecule has 14 heavy (non-hydrogen) atoms. The van der Waals surface area contributed by atoms with E-state index >= 15 is 0 Å². The Labute approximate surface area is 85.6 Å². The van der Waals surface area contributed by atoms with Crippen molar-refractivity contribution in [2.75, 3.05) is 20.4 Å². The Balaban J connectivity index is 2.70. The molecule has 1 rings (SSSR count). The maximum atomic E-state index is 11.6. The van der Waals surface area contributed by atoms with Crippen LogP contribution in [0, 0.1) is 0 Å². The zero-order chi connectivity index (χ0) is 10.6. The topological polar surface area (TPSA) is 65.5 Å². The first-order chi connectivity index (χ1) is 6.61. The van der Waals surface area contributed by atoms with E-state index in [2.05, 4.69) is 14.0 Å². The van der Waals surface area contributed by atoms with Crippen LogP contribution in [0.1, 0.15) is 10.5 Å². The van der Waals surface area contributed by atoms with Crippen LogP contribution in [0.25, 0.3) is 0 Å². The first-order valence-electron chi connectivity index (χ1n) is 3.73. The lowest BCUT2D eigenvalue weighted by atomic mass is 10.4. The molecule has 0 unspecified atom stereocenters. The number of aromatic nitrogens is 1. The van der Waals surface area contributed by atoms with Crippen molar-refractivity contribution in [1.82, 2.24) is 4.98 Å². The number of thiazole rings is 1. The second-order valence-corrected chi connectivity index (χ2v) is 5.42. The highest BCUT2D eigenvalue weighted by Gasteiger charge is 2.26. The van der Waals surface area contributed by atoms with Crippen LogP contribution in [-0.4, -0.2) is 31.1 Å². The zero-order valence-electron chi connectivity index (χ0n) is 7.80. The molecule has 1 aromatic heterocycles. The molecule has 0 aromatic carbocycles. The summed E-state index contributed by atoms with van der Waals surface area (Å²) in [5, 5.41) is 1.60. The van der Waals surface area contributed by atoms with Crippen molar-refractivity contribution in [2.45, 2.75) is 0 Å². The average molecular weight is 235 g/mol. The van der Waals surface area contributed by atoms with Gasteiger partial charge in [0.25, 0.3) is 0 Å². The molecular weight excluding hydrogens is 225 g/mol. The van der Waals surface area contributed by atoms with Crippen LogP contribution >= 0.6 is 18.9 Å². The van der Waals surface area contributed by atoms with Crippen LogP contribution in [0.2, 0.25) is 0 Å². The second kappa shape index (κ2) is 4.79. The molecule has 7 heteroatoms. The fourth-order valence-electron chi connectivity index (χ4n) is 0.811. The monoisotopic (exact) mass is 235 g/mol. The van der Waals surface area contributed by atoms with E-state index in [0.29, 0.717) is 5.69 Å². The van der Waals surface area contributed by atoms with Crippen LogP contribution in [0.5, 0.6) is 0 Å². The first kappa shape index (κ1) is 11.5. The summed E-state index contributed by atoms with van der Waals surface area (Å²) in [5.74, 6) is -0.335.